The molecule has 2 heterocycles. The zero-order valence-corrected chi connectivity index (χ0v) is 18.6. The highest BCUT2D eigenvalue weighted by atomic mass is 19.1. The van der Waals surface area contributed by atoms with E-state index in [4.69, 9.17) is 4.74 Å². The number of amides is 1. The van der Waals surface area contributed by atoms with Gasteiger partial charge in [0.2, 0.25) is 5.91 Å². The first-order valence-corrected chi connectivity index (χ1v) is 11.6. The predicted octanol–water partition coefficient (Wildman–Crippen LogP) is 5.24. The van der Waals surface area contributed by atoms with Crippen molar-refractivity contribution in [3.63, 3.8) is 0 Å². The molecule has 2 atom stereocenters. The van der Waals surface area contributed by atoms with Crippen LogP contribution in [0.4, 0.5) is 4.39 Å². The average molecular weight is 425 g/mol. The Morgan fingerprint density at radius 2 is 1.90 bits per heavy atom. The Labute approximate surface area is 184 Å². The number of benzene rings is 2. The van der Waals surface area contributed by atoms with E-state index in [1.165, 1.54) is 12.1 Å². The number of carbonyl (C=O) groups is 1. The highest BCUT2D eigenvalue weighted by Crippen LogP contribution is 2.42. The number of fused-ring (bicyclic) bond motifs is 1. The Morgan fingerprint density at radius 3 is 2.65 bits per heavy atom. The van der Waals surface area contributed by atoms with Crippen LogP contribution in [0.25, 0.3) is 0 Å². The predicted molar refractivity (Wildman–Crippen MR) is 120 cm³/mol. The number of nitrogens with one attached hydrogen (secondary N) is 1. The molecule has 0 aliphatic carbocycles. The topological polar surface area (TPSA) is 41.6 Å². The molecule has 0 spiro atoms. The largest absolute Gasteiger partial charge is 0.487 e. The van der Waals surface area contributed by atoms with Gasteiger partial charge in [-0.05, 0) is 56.0 Å². The maximum Gasteiger partial charge on any atom is 0.224 e. The number of ether oxygens (including phenoxy) is 1. The van der Waals surface area contributed by atoms with E-state index in [1.807, 2.05) is 30.3 Å². The number of likely N-dealkylation sites (tertiary alicyclic amines) is 1. The Balaban J connectivity index is 1.43. The minimum absolute atomic E-state index is 0.0233. The third kappa shape index (κ3) is 4.93. The molecule has 2 aromatic carbocycles. The SMILES string of the molecule is CCC1(CC)CC(NC(=O)C2CCCN(Cc3ccc(F)cc3)C2)c2ccccc2O1. The monoisotopic (exact) mass is 424 g/mol. The van der Waals surface area contributed by atoms with Gasteiger partial charge < -0.3 is 10.1 Å². The van der Waals surface area contributed by atoms with E-state index >= 15 is 0 Å². The molecule has 5 heteroatoms. The lowest BCUT2D eigenvalue weighted by Gasteiger charge is -2.42. The second-order valence-electron chi connectivity index (χ2n) is 9.00. The van der Waals surface area contributed by atoms with Crippen LogP contribution in [0.15, 0.2) is 48.5 Å². The lowest BCUT2D eigenvalue weighted by molar-refractivity contribution is -0.128. The lowest BCUT2D eigenvalue weighted by Crippen LogP contribution is -2.48. The van der Waals surface area contributed by atoms with E-state index in [9.17, 15) is 9.18 Å². The number of para-hydroxylation sites is 1. The summed E-state index contributed by atoms with van der Waals surface area (Å²) in [6.45, 7) is 6.77. The Hall–Kier alpha value is -2.40. The summed E-state index contributed by atoms with van der Waals surface area (Å²) in [5.74, 6) is 0.782. The van der Waals surface area contributed by atoms with E-state index in [1.54, 1.807) is 0 Å². The first-order valence-electron chi connectivity index (χ1n) is 11.6. The van der Waals surface area contributed by atoms with Crippen LogP contribution < -0.4 is 10.1 Å². The standard InChI is InChI=1S/C26H33FN2O2/c1-3-26(4-2)16-23(22-9-5-6-10-24(22)31-26)28-25(30)20-8-7-15-29(18-20)17-19-11-13-21(27)14-12-19/h5-6,9-14,20,23H,3-4,7-8,15-18H2,1-2H3,(H,28,30). The fourth-order valence-electron chi connectivity index (χ4n) is 4.98. The molecule has 0 radical (unpaired) electrons. The molecular formula is C26H33FN2O2. The summed E-state index contributed by atoms with van der Waals surface area (Å²) >= 11 is 0. The first-order chi connectivity index (χ1) is 15.0. The summed E-state index contributed by atoms with van der Waals surface area (Å²) in [5.41, 5.74) is 1.93. The number of piperidine rings is 1. The molecule has 1 amide bonds. The van der Waals surface area contributed by atoms with Crippen molar-refractivity contribution < 1.29 is 13.9 Å². The summed E-state index contributed by atoms with van der Waals surface area (Å²) in [5, 5.41) is 3.36. The highest BCUT2D eigenvalue weighted by Gasteiger charge is 2.39. The smallest absolute Gasteiger partial charge is 0.224 e. The molecule has 0 aromatic heterocycles. The summed E-state index contributed by atoms with van der Waals surface area (Å²) < 4.78 is 19.6. The van der Waals surface area contributed by atoms with E-state index in [2.05, 4.69) is 30.1 Å². The molecule has 4 rings (SSSR count). The Kier molecular flexibility index (Phi) is 6.61. The maximum absolute atomic E-state index is 13.3. The quantitative estimate of drug-likeness (QED) is 0.690. The number of hydrogen-bond acceptors (Lipinski definition) is 3. The van der Waals surface area contributed by atoms with Crippen LogP contribution in [0.3, 0.4) is 0 Å². The number of hydrogen-bond donors (Lipinski definition) is 1. The molecular weight excluding hydrogens is 391 g/mol. The van der Waals surface area contributed by atoms with Crippen LogP contribution in [-0.4, -0.2) is 29.5 Å². The molecule has 1 fully saturated rings. The van der Waals surface area contributed by atoms with Gasteiger partial charge in [0, 0.05) is 25.1 Å². The van der Waals surface area contributed by atoms with Crippen molar-refractivity contribution in [1.82, 2.24) is 10.2 Å². The van der Waals surface area contributed by atoms with Gasteiger partial charge in [0.25, 0.3) is 0 Å². The molecule has 166 valence electrons. The molecule has 31 heavy (non-hydrogen) atoms. The summed E-state index contributed by atoms with van der Waals surface area (Å²) in [6, 6.07) is 14.7. The second kappa shape index (κ2) is 9.39. The van der Waals surface area contributed by atoms with Crippen LogP contribution >= 0.6 is 0 Å². The fraction of sp³-hybridized carbons (Fsp3) is 0.500. The molecule has 4 nitrogen and oxygen atoms in total. The van der Waals surface area contributed by atoms with Crippen LogP contribution in [0.5, 0.6) is 5.75 Å². The molecule has 2 aliphatic rings. The lowest BCUT2D eigenvalue weighted by atomic mass is 9.83. The van der Waals surface area contributed by atoms with Crippen molar-refractivity contribution >= 4 is 5.91 Å². The molecule has 1 saturated heterocycles. The zero-order valence-electron chi connectivity index (χ0n) is 18.6. The van der Waals surface area contributed by atoms with E-state index in [0.717, 1.165) is 68.6 Å². The maximum atomic E-state index is 13.3. The van der Waals surface area contributed by atoms with Gasteiger partial charge in [-0.25, -0.2) is 4.39 Å². The van der Waals surface area contributed by atoms with Gasteiger partial charge in [0.1, 0.15) is 17.2 Å². The minimum atomic E-state index is -0.229. The second-order valence-corrected chi connectivity index (χ2v) is 9.00. The molecule has 2 aliphatic heterocycles. The van der Waals surface area contributed by atoms with Crippen molar-refractivity contribution in [3.8, 4) is 5.75 Å². The van der Waals surface area contributed by atoms with Crippen LogP contribution in [-0.2, 0) is 11.3 Å². The average Bonchev–Trinajstić information content (AvgIpc) is 2.80. The van der Waals surface area contributed by atoms with Gasteiger partial charge in [0.15, 0.2) is 0 Å². The van der Waals surface area contributed by atoms with Crippen molar-refractivity contribution in [3.05, 3.63) is 65.5 Å². The van der Waals surface area contributed by atoms with Crippen LogP contribution in [0.1, 0.15) is 63.1 Å². The van der Waals surface area contributed by atoms with Crippen LogP contribution in [0.2, 0.25) is 0 Å². The molecule has 2 aromatic rings. The Morgan fingerprint density at radius 1 is 1.16 bits per heavy atom. The van der Waals surface area contributed by atoms with Crippen molar-refractivity contribution in [1.29, 1.82) is 0 Å². The van der Waals surface area contributed by atoms with E-state index in [0.29, 0.717) is 0 Å². The van der Waals surface area contributed by atoms with Gasteiger partial charge in [-0.3, -0.25) is 9.69 Å². The van der Waals surface area contributed by atoms with Crippen LogP contribution in [0, 0.1) is 11.7 Å². The summed E-state index contributed by atoms with van der Waals surface area (Å²) in [4.78, 5) is 15.6. The summed E-state index contributed by atoms with van der Waals surface area (Å²) in [6.07, 6.45) is 4.54. The van der Waals surface area contributed by atoms with Gasteiger partial charge in [-0.2, -0.15) is 0 Å². The third-order valence-corrected chi connectivity index (χ3v) is 7.00. The zero-order chi connectivity index (χ0) is 21.8. The summed E-state index contributed by atoms with van der Waals surface area (Å²) in [7, 11) is 0. The van der Waals surface area contributed by atoms with E-state index in [-0.39, 0.29) is 29.3 Å². The third-order valence-electron chi connectivity index (χ3n) is 7.00. The number of halogens is 1. The molecule has 2 unspecified atom stereocenters. The fourth-order valence-corrected chi connectivity index (χ4v) is 4.98. The van der Waals surface area contributed by atoms with Crippen molar-refractivity contribution in [2.45, 2.75) is 64.1 Å². The van der Waals surface area contributed by atoms with Crippen molar-refractivity contribution in [2.24, 2.45) is 5.92 Å². The number of nitrogens with zero attached hydrogens (tertiary/aromatic N) is 1. The molecule has 1 N–H and O–H groups in total. The Bertz CT molecular complexity index is 895. The highest BCUT2D eigenvalue weighted by molar-refractivity contribution is 5.79. The normalized spacial score (nSPS) is 22.9. The van der Waals surface area contributed by atoms with E-state index < -0.39 is 0 Å². The first kappa shape index (κ1) is 21.8. The number of carbonyl (C=O) groups excluding carboxylic acids is 1. The van der Waals surface area contributed by atoms with Gasteiger partial charge >= 0.3 is 0 Å². The van der Waals surface area contributed by atoms with Gasteiger partial charge in [-0.1, -0.05) is 44.2 Å². The van der Waals surface area contributed by atoms with Crippen molar-refractivity contribution in [2.75, 3.05) is 13.1 Å². The molecule has 0 bridgehead atoms. The van der Waals surface area contributed by atoms with Gasteiger partial charge in [0.05, 0.1) is 12.0 Å². The number of rotatable bonds is 6. The minimum Gasteiger partial charge on any atom is -0.487 e. The molecule has 0 saturated carbocycles. The van der Waals surface area contributed by atoms with Gasteiger partial charge in [-0.15, -0.1) is 0 Å².